The maximum atomic E-state index is 10.3. The Morgan fingerprint density at radius 3 is 1.60 bits per heavy atom. The highest BCUT2D eigenvalue weighted by Gasteiger charge is 2.18. The van der Waals surface area contributed by atoms with E-state index < -0.39 is 0 Å². The molecule has 50 heavy (non-hydrogen) atoms. The number of rotatable bonds is 4. The van der Waals surface area contributed by atoms with Crippen molar-refractivity contribution in [3.05, 3.63) is 168 Å². The van der Waals surface area contributed by atoms with Crippen molar-refractivity contribution in [1.29, 1.82) is 15.8 Å². The Hall–Kier alpha value is -7.39. The first kappa shape index (κ1) is 28.8. The summed E-state index contributed by atoms with van der Waals surface area (Å²) in [7, 11) is 0. The molecule has 9 aromatic rings. The van der Waals surface area contributed by atoms with Crippen LogP contribution in [-0.4, -0.2) is 9.13 Å². The van der Waals surface area contributed by atoms with Gasteiger partial charge in [0.2, 0.25) is 0 Å². The molecule has 0 saturated carbocycles. The quantitative estimate of drug-likeness (QED) is 0.193. The van der Waals surface area contributed by atoms with Gasteiger partial charge in [-0.3, -0.25) is 0 Å². The van der Waals surface area contributed by atoms with E-state index in [0.29, 0.717) is 16.7 Å². The van der Waals surface area contributed by atoms with Crippen molar-refractivity contribution >= 4 is 43.6 Å². The first-order chi connectivity index (χ1) is 24.6. The summed E-state index contributed by atoms with van der Waals surface area (Å²) in [6.45, 7) is 0. The van der Waals surface area contributed by atoms with Gasteiger partial charge in [-0.1, -0.05) is 66.7 Å². The highest BCUT2D eigenvalue weighted by Crippen LogP contribution is 2.39. The van der Waals surface area contributed by atoms with Gasteiger partial charge in [-0.2, -0.15) is 15.8 Å². The van der Waals surface area contributed by atoms with E-state index in [-0.39, 0.29) is 0 Å². The fourth-order valence-electron chi connectivity index (χ4n) is 7.37. The largest absolute Gasteiger partial charge is 0.309 e. The van der Waals surface area contributed by atoms with E-state index in [4.69, 9.17) is 0 Å². The molecule has 0 radical (unpaired) electrons. The number of aromatic nitrogens is 2. The van der Waals surface area contributed by atoms with Crippen LogP contribution in [-0.2, 0) is 0 Å². The van der Waals surface area contributed by atoms with E-state index in [0.717, 1.165) is 66.5 Å². The number of hydrogen-bond donors (Lipinski definition) is 0. The number of fused-ring (bicyclic) bond motifs is 6. The van der Waals surface area contributed by atoms with Crippen molar-refractivity contribution in [2.24, 2.45) is 0 Å². The maximum absolute atomic E-state index is 10.3. The minimum Gasteiger partial charge on any atom is -0.309 e. The molecule has 5 nitrogen and oxygen atoms in total. The van der Waals surface area contributed by atoms with Crippen molar-refractivity contribution in [3.63, 3.8) is 0 Å². The first-order valence-corrected chi connectivity index (χ1v) is 16.3. The Morgan fingerprint density at radius 2 is 0.920 bits per heavy atom. The Morgan fingerprint density at radius 1 is 0.360 bits per heavy atom. The lowest BCUT2D eigenvalue weighted by molar-refractivity contribution is 1.18. The molecule has 0 amide bonds. The topological polar surface area (TPSA) is 81.2 Å². The van der Waals surface area contributed by atoms with Gasteiger partial charge in [-0.05, 0) is 102 Å². The Labute approximate surface area is 287 Å². The van der Waals surface area contributed by atoms with Crippen LogP contribution >= 0.6 is 0 Å². The van der Waals surface area contributed by atoms with Gasteiger partial charge in [0.1, 0.15) is 0 Å². The molecule has 0 aliphatic heterocycles. The van der Waals surface area contributed by atoms with E-state index in [1.807, 2.05) is 60.7 Å². The summed E-state index contributed by atoms with van der Waals surface area (Å²) in [5, 5.41) is 34.3. The summed E-state index contributed by atoms with van der Waals surface area (Å²) in [4.78, 5) is 0. The van der Waals surface area contributed by atoms with Gasteiger partial charge in [-0.25, -0.2) is 0 Å². The van der Waals surface area contributed by atoms with Crippen LogP contribution in [0.1, 0.15) is 16.7 Å². The monoisotopic (exact) mass is 635 g/mol. The summed E-state index contributed by atoms with van der Waals surface area (Å²) in [5.41, 5.74) is 11.3. The Balaban J connectivity index is 1.26. The molecular formula is C45H25N5. The second-order valence-electron chi connectivity index (χ2n) is 12.4. The average molecular weight is 636 g/mol. The minimum absolute atomic E-state index is 0.522. The molecule has 5 heteroatoms. The summed E-state index contributed by atoms with van der Waals surface area (Å²) in [6, 6.07) is 57.8. The zero-order valence-electron chi connectivity index (χ0n) is 26.7. The highest BCUT2D eigenvalue weighted by molar-refractivity contribution is 6.11. The number of hydrogen-bond acceptors (Lipinski definition) is 3. The molecule has 7 aromatic carbocycles. The second-order valence-corrected chi connectivity index (χ2v) is 12.4. The van der Waals surface area contributed by atoms with Gasteiger partial charge in [0.15, 0.2) is 0 Å². The lowest BCUT2D eigenvalue weighted by Gasteiger charge is -2.16. The molecular weight excluding hydrogens is 611 g/mol. The molecule has 0 unspecified atom stereocenters. The smallest absolute Gasteiger partial charge is 0.0992 e. The second kappa shape index (κ2) is 11.4. The van der Waals surface area contributed by atoms with Crippen LogP contribution in [0.5, 0.6) is 0 Å². The highest BCUT2D eigenvalue weighted by atomic mass is 15.0. The lowest BCUT2D eigenvalue weighted by Crippen LogP contribution is -1.99. The van der Waals surface area contributed by atoms with Gasteiger partial charge in [-0.15, -0.1) is 0 Å². The van der Waals surface area contributed by atoms with E-state index >= 15 is 0 Å². The van der Waals surface area contributed by atoms with Crippen LogP contribution < -0.4 is 0 Å². The number of para-hydroxylation sites is 3. The number of benzene rings is 7. The third-order valence-corrected chi connectivity index (χ3v) is 9.56. The molecule has 9 rings (SSSR count). The van der Waals surface area contributed by atoms with Crippen LogP contribution in [0, 0.1) is 34.0 Å². The lowest BCUT2D eigenvalue weighted by atomic mass is 9.94. The summed E-state index contributed by atoms with van der Waals surface area (Å²) < 4.78 is 4.47. The van der Waals surface area contributed by atoms with Crippen molar-refractivity contribution in [1.82, 2.24) is 9.13 Å². The van der Waals surface area contributed by atoms with Gasteiger partial charge >= 0.3 is 0 Å². The fraction of sp³-hybridized carbons (Fsp3) is 0. The molecule has 2 aromatic heterocycles. The van der Waals surface area contributed by atoms with Gasteiger partial charge in [0, 0.05) is 32.8 Å². The van der Waals surface area contributed by atoms with Gasteiger partial charge in [0.25, 0.3) is 0 Å². The third-order valence-electron chi connectivity index (χ3n) is 9.56. The molecule has 0 aliphatic carbocycles. The van der Waals surface area contributed by atoms with Crippen molar-refractivity contribution in [2.45, 2.75) is 0 Å². The van der Waals surface area contributed by atoms with E-state index in [2.05, 4.69) is 118 Å². The molecule has 0 bridgehead atoms. The summed E-state index contributed by atoms with van der Waals surface area (Å²) in [5.74, 6) is 0. The SMILES string of the molecule is N#Cc1cc(-c2cccc(-n3c4ccccc4c4ccccc43)c2)cc(-c2cc(C#N)ccc2-n2c3ccccc3c3cc(C#N)ccc32)c1. The van der Waals surface area contributed by atoms with Crippen molar-refractivity contribution in [3.8, 4) is 51.8 Å². The molecule has 0 saturated heterocycles. The minimum atomic E-state index is 0.522. The van der Waals surface area contributed by atoms with E-state index in [1.54, 1.807) is 0 Å². The standard InChI is InChI=1S/C45H25N5/c46-26-29-16-18-44(50-43-15-6-3-12-38(43)40-23-30(27-47)17-19-45(40)50)39(22-29)34-21-31(28-48)20-33(24-34)32-8-7-9-35(25-32)49-41-13-4-1-10-36(41)37-11-2-5-14-42(37)49/h1-25H. The fourth-order valence-corrected chi connectivity index (χ4v) is 7.37. The van der Waals surface area contributed by atoms with Crippen molar-refractivity contribution < 1.29 is 0 Å². The van der Waals surface area contributed by atoms with E-state index in [9.17, 15) is 15.8 Å². The predicted molar refractivity (Wildman–Crippen MR) is 200 cm³/mol. The summed E-state index contributed by atoms with van der Waals surface area (Å²) in [6.07, 6.45) is 0. The third kappa shape index (κ3) is 4.45. The summed E-state index contributed by atoms with van der Waals surface area (Å²) >= 11 is 0. The van der Waals surface area contributed by atoms with Crippen LogP contribution in [0.25, 0.3) is 77.2 Å². The van der Waals surface area contributed by atoms with E-state index in [1.165, 1.54) is 10.8 Å². The molecule has 230 valence electrons. The molecule has 0 aliphatic rings. The van der Waals surface area contributed by atoms with Crippen LogP contribution in [0.15, 0.2) is 152 Å². The number of nitriles is 3. The molecule has 0 N–H and O–H groups in total. The molecule has 0 spiro atoms. The maximum Gasteiger partial charge on any atom is 0.0992 e. The zero-order chi connectivity index (χ0) is 33.8. The van der Waals surface area contributed by atoms with Gasteiger partial charge in [0.05, 0.1) is 62.7 Å². The molecule has 0 fully saturated rings. The first-order valence-electron chi connectivity index (χ1n) is 16.3. The number of nitrogens with zero attached hydrogens (tertiary/aromatic N) is 5. The zero-order valence-corrected chi connectivity index (χ0v) is 26.7. The van der Waals surface area contributed by atoms with Crippen LogP contribution in [0.4, 0.5) is 0 Å². The van der Waals surface area contributed by atoms with Gasteiger partial charge < -0.3 is 9.13 Å². The molecule has 0 atom stereocenters. The average Bonchev–Trinajstić information content (AvgIpc) is 3.70. The normalized spacial score (nSPS) is 11.1. The van der Waals surface area contributed by atoms with Crippen molar-refractivity contribution in [2.75, 3.05) is 0 Å². The predicted octanol–water partition coefficient (Wildman–Crippen LogP) is 10.8. The van der Waals surface area contributed by atoms with Crippen LogP contribution in [0.2, 0.25) is 0 Å². The molecule has 2 heterocycles. The van der Waals surface area contributed by atoms with Crippen LogP contribution in [0.3, 0.4) is 0 Å². The Kier molecular flexibility index (Phi) is 6.56. The Bertz CT molecular complexity index is 2920.